The molecule has 0 aliphatic carbocycles. The summed E-state index contributed by atoms with van der Waals surface area (Å²) in [5.41, 5.74) is 1.37. The van der Waals surface area contributed by atoms with Crippen molar-refractivity contribution < 1.29 is 0 Å². The number of halogens is 1. The molecule has 1 atom stereocenters. The van der Waals surface area contributed by atoms with Crippen LogP contribution in [-0.2, 0) is 20.1 Å². The molecule has 1 unspecified atom stereocenters. The van der Waals surface area contributed by atoms with Crippen molar-refractivity contribution in [1.29, 1.82) is 0 Å². The van der Waals surface area contributed by atoms with Crippen molar-refractivity contribution in [3.05, 3.63) is 47.5 Å². The Kier molecular flexibility index (Phi) is 8.49. The molecule has 8 heteroatoms. The second-order valence-corrected chi connectivity index (χ2v) is 6.85. The third-order valence-electron chi connectivity index (χ3n) is 4.92. The Morgan fingerprint density at radius 2 is 2.04 bits per heavy atom. The maximum atomic E-state index is 4.36. The maximum absolute atomic E-state index is 4.36. The summed E-state index contributed by atoms with van der Waals surface area (Å²) in [6.07, 6.45) is 2.36. The van der Waals surface area contributed by atoms with Crippen molar-refractivity contribution in [2.24, 2.45) is 12.0 Å². The summed E-state index contributed by atoms with van der Waals surface area (Å²) in [5, 5.41) is 15.2. The number of nitrogens with one attached hydrogen (secondary N) is 2. The molecule has 0 bridgehead atoms. The summed E-state index contributed by atoms with van der Waals surface area (Å²) in [5.74, 6) is 2.63. The second-order valence-electron chi connectivity index (χ2n) is 6.85. The van der Waals surface area contributed by atoms with Crippen LogP contribution in [0, 0.1) is 6.92 Å². The van der Waals surface area contributed by atoms with E-state index in [4.69, 9.17) is 0 Å². The zero-order valence-electron chi connectivity index (χ0n) is 16.4. The first-order chi connectivity index (χ1) is 12.7. The van der Waals surface area contributed by atoms with E-state index in [1.54, 1.807) is 0 Å². The van der Waals surface area contributed by atoms with Crippen molar-refractivity contribution in [1.82, 2.24) is 30.3 Å². The van der Waals surface area contributed by atoms with Gasteiger partial charge in [-0.1, -0.05) is 30.3 Å². The van der Waals surface area contributed by atoms with E-state index < -0.39 is 0 Å². The predicted octanol–water partition coefficient (Wildman–Crippen LogP) is 2.07. The van der Waals surface area contributed by atoms with Crippen molar-refractivity contribution >= 4 is 29.9 Å². The highest BCUT2D eigenvalue weighted by molar-refractivity contribution is 14.0. The molecule has 1 aliphatic heterocycles. The summed E-state index contributed by atoms with van der Waals surface area (Å²) >= 11 is 0. The van der Waals surface area contributed by atoms with E-state index >= 15 is 0 Å². The molecule has 2 heterocycles. The van der Waals surface area contributed by atoms with Crippen molar-refractivity contribution in [3.63, 3.8) is 0 Å². The van der Waals surface area contributed by atoms with E-state index in [1.807, 2.05) is 25.6 Å². The normalized spacial score (nSPS) is 18.0. The molecule has 0 amide bonds. The van der Waals surface area contributed by atoms with Crippen molar-refractivity contribution in [2.75, 3.05) is 20.1 Å². The van der Waals surface area contributed by atoms with Gasteiger partial charge in [0.15, 0.2) is 11.8 Å². The highest BCUT2D eigenvalue weighted by atomic mass is 127. The molecule has 1 fully saturated rings. The van der Waals surface area contributed by atoms with Crippen LogP contribution in [0.25, 0.3) is 0 Å². The maximum Gasteiger partial charge on any atom is 0.191 e. The summed E-state index contributed by atoms with van der Waals surface area (Å²) in [6.45, 7) is 5.74. The Balaban J connectivity index is 0.00000261. The molecule has 148 valence electrons. The minimum absolute atomic E-state index is 0. The third kappa shape index (κ3) is 6.17. The Bertz CT molecular complexity index is 729. The number of aryl methyl sites for hydroxylation is 1. The molecule has 1 saturated heterocycles. The number of hydrogen-bond donors (Lipinski definition) is 2. The highest BCUT2D eigenvalue weighted by Crippen LogP contribution is 2.13. The second kappa shape index (κ2) is 10.6. The Morgan fingerprint density at radius 3 is 2.70 bits per heavy atom. The molecule has 0 spiro atoms. The number of aromatic nitrogens is 3. The lowest BCUT2D eigenvalue weighted by Crippen LogP contribution is -2.50. The van der Waals surface area contributed by atoms with Crippen LogP contribution in [0.15, 0.2) is 35.3 Å². The first kappa shape index (κ1) is 21.6. The van der Waals surface area contributed by atoms with Gasteiger partial charge in [-0.05, 0) is 31.9 Å². The number of aliphatic imine (C=N–C) groups is 1. The Morgan fingerprint density at radius 1 is 1.26 bits per heavy atom. The molecule has 1 aromatic heterocycles. The van der Waals surface area contributed by atoms with Gasteiger partial charge in [0, 0.05) is 33.2 Å². The number of piperidine rings is 1. The zero-order chi connectivity index (χ0) is 18.4. The smallest absolute Gasteiger partial charge is 0.191 e. The monoisotopic (exact) mass is 483 g/mol. The molecule has 0 radical (unpaired) electrons. The van der Waals surface area contributed by atoms with Gasteiger partial charge in [0.25, 0.3) is 0 Å². The van der Waals surface area contributed by atoms with Gasteiger partial charge in [-0.25, -0.2) is 0 Å². The van der Waals surface area contributed by atoms with Crippen LogP contribution in [0.5, 0.6) is 0 Å². The van der Waals surface area contributed by atoms with Gasteiger partial charge >= 0.3 is 0 Å². The summed E-state index contributed by atoms with van der Waals surface area (Å²) in [6, 6.07) is 11.1. The van der Waals surface area contributed by atoms with E-state index in [2.05, 4.69) is 61.1 Å². The molecule has 2 N–H and O–H groups in total. The number of rotatable bonds is 5. The average molecular weight is 483 g/mol. The van der Waals surface area contributed by atoms with Crippen LogP contribution in [0.2, 0.25) is 0 Å². The summed E-state index contributed by atoms with van der Waals surface area (Å²) in [4.78, 5) is 6.87. The van der Waals surface area contributed by atoms with E-state index in [0.29, 0.717) is 12.6 Å². The standard InChI is InChI=1S/C19H29N7.HI/c1-15-23-24-18(25(15)3)12-21-19(20-2)22-17-10-7-11-26(14-17)13-16-8-5-4-6-9-16;/h4-6,8-9,17H,7,10-14H2,1-3H3,(H2,20,21,22);1H. The van der Waals surface area contributed by atoms with Crippen LogP contribution >= 0.6 is 24.0 Å². The molecule has 7 nitrogen and oxygen atoms in total. The van der Waals surface area contributed by atoms with E-state index in [0.717, 1.165) is 43.7 Å². The molecule has 3 rings (SSSR count). The summed E-state index contributed by atoms with van der Waals surface area (Å²) in [7, 11) is 3.78. The van der Waals surface area contributed by atoms with Gasteiger partial charge in [0.1, 0.15) is 5.82 Å². The number of likely N-dealkylation sites (tertiary alicyclic amines) is 1. The van der Waals surface area contributed by atoms with Gasteiger partial charge in [0.2, 0.25) is 0 Å². The van der Waals surface area contributed by atoms with Gasteiger partial charge in [0.05, 0.1) is 6.54 Å². The van der Waals surface area contributed by atoms with E-state index in [1.165, 1.54) is 12.0 Å². The first-order valence-electron chi connectivity index (χ1n) is 9.24. The number of nitrogens with zero attached hydrogens (tertiary/aromatic N) is 5. The SMILES string of the molecule is CN=C(NCc1nnc(C)n1C)NC1CCCN(Cc2ccccc2)C1.I. The van der Waals surface area contributed by atoms with Crippen LogP contribution < -0.4 is 10.6 Å². The highest BCUT2D eigenvalue weighted by Gasteiger charge is 2.20. The third-order valence-corrected chi connectivity index (χ3v) is 4.92. The fourth-order valence-electron chi connectivity index (χ4n) is 3.31. The number of benzene rings is 1. The van der Waals surface area contributed by atoms with E-state index in [9.17, 15) is 0 Å². The fourth-order valence-corrected chi connectivity index (χ4v) is 3.31. The molecular formula is C19H30IN7. The Labute approximate surface area is 178 Å². The molecule has 0 saturated carbocycles. The molecular weight excluding hydrogens is 453 g/mol. The molecule has 2 aromatic rings. The fraction of sp³-hybridized carbons (Fsp3) is 0.526. The van der Waals surface area contributed by atoms with Crippen LogP contribution in [0.1, 0.15) is 30.1 Å². The topological polar surface area (TPSA) is 70.4 Å². The zero-order valence-corrected chi connectivity index (χ0v) is 18.7. The van der Waals surface area contributed by atoms with Gasteiger partial charge in [-0.3, -0.25) is 9.89 Å². The van der Waals surface area contributed by atoms with Crippen LogP contribution in [0.4, 0.5) is 0 Å². The minimum Gasteiger partial charge on any atom is -0.352 e. The van der Waals surface area contributed by atoms with Crippen molar-refractivity contribution in [3.8, 4) is 0 Å². The van der Waals surface area contributed by atoms with Gasteiger partial charge < -0.3 is 15.2 Å². The average Bonchev–Trinajstić information content (AvgIpc) is 2.98. The van der Waals surface area contributed by atoms with Gasteiger partial charge in [-0.15, -0.1) is 34.2 Å². The molecule has 27 heavy (non-hydrogen) atoms. The van der Waals surface area contributed by atoms with Crippen LogP contribution in [-0.4, -0.2) is 51.8 Å². The minimum atomic E-state index is 0. The molecule has 1 aromatic carbocycles. The largest absolute Gasteiger partial charge is 0.352 e. The lowest BCUT2D eigenvalue weighted by molar-refractivity contribution is 0.192. The predicted molar refractivity (Wildman–Crippen MR) is 119 cm³/mol. The van der Waals surface area contributed by atoms with Gasteiger partial charge in [-0.2, -0.15) is 0 Å². The van der Waals surface area contributed by atoms with Crippen LogP contribution in [0.3, 0.4) is 0 Å². The lowest BCUT2D eigenvalue weighted by Gasteiger charge is -2.34. The quantitative estimate of drug-likeness (QED) is 0.387. The van der Waals surface area contributed by atoms with Crippen molar-refractivity contribution in [2.45, 2.75) is 38.9 Å². The molecule has 1 aliphatic rings. The lowest BCUT2D eigenvalue weighted by atomic mass is 10.0. The van der Waals surface area contributed by atoms with E-state index in [-0.39, 0.29) is 24.0 Å². The number of hydrogen-bond acceptors (Lipinski definition) is 4. The first-order valence-corrected chi connectivity index (χ1v) is 9.24. The number of guanidine groups is 1. The summed E-state index contributed by atoms with van der Waals surface area (Å²) < 4.78 is 1.99. The Hall–Kier alpha value is -1.68.